The lowest BCUT2D eigenvalue weighted by atomic mass is 9.88. The van der Waals surface area contributed by atoms with Crippen LogP contribution in [0.5, 0.6) is 5.75 Å². The Morgan fingerprint density at radius 1 is 1.09 bits per heavy atom. The van der Waals surface area contributed by atoms with Crippen LogP contribution in [0.4, 0.5) is 10.1 Å². The van der Waals surface area contributed by atoms with Crippen LogP contribution >= 0.6 is 24.8 Å². The summed E-state index contributed by atoms with van der Waals surface area (Å²) in [5.41, 5.74) is 2.30. The zero-order chi connectivity index (χ0) is 23.7. The normalized spacial score (nSPS) is 15.1. The molecule has 2 N–H and O–H groups in total. The molecule has 0 bridgehead atoms. The highest BCUT2D eigenvalue weighted by molar-refractivity contribution is 5.85. The van der Waals surface area contributed by atoms with Gasteiger partial charge in [0.1, 0.15) is 11.6 Å². The molecule has 35 heavy (non-hydrogen) atoms. The summed E-state index contributed by atoms with van der Waals surface area (Å²) in [6.45, 7) is 6.15. The van der Waals surface area contributed by atoms with Crippen LogP contribution in [0.1, 0.15) is 50.2 Å². The van der Waals surface area contributed by atoms with Gasteiger partial charge in [0.05, 0.1) is 18.8 Å². The molecule has 0 radical (unpaired) electrons. The van der Waals surface area contributed by atoms with Crippen molar-refractivity contribution in [3.63, 3.8) is 0 Å². The van der Waals surface area contributed by atoms with E-state index in [1.54, 1.807) is 0 Å². The molecule has 1 aliphatic heterocycles. The predicted octanol–water partition coefficient (Wildman–Crippen LogP) is 5.24. The molecule has 1 aliphatic rings. The fourth-order valence-corrected chi connectivity index (χ4v) is 4.28. The molecule has 0 spiro atoms. The summed E-state index contributed by atoms with van der Waals surface area (Å²) in [5, 5.41) is 20.9. The number of hydrogen-bond donors (Lipinski definition) is 2. The number of piperidine rings is 1. The van der Waals surface area contributed by atoms with Crippen LogP contribution in [0.15, 0.2) is 42.5 Å². The first-order valence-corrected chi connectivity index (χ1v) is 12.2. The van der Waals surface area contributed by atoms with Crippen molar-refractivity contribution >= 4 is 30.5 Å². The number of rotatable bonds is 12. The Labute approximate surface area is 222 Å². The van der Waals surface area contributed by atoms with Gasteiger partial charge in [0, 0.05) is 44.5 Å². The lowest BCUT2D eigenvalue weighted by Gasteiger charge is -2.39. The van der Waals surface area contributed by atoms with E-state index in [1.807, 2.05) is 37.4 Å². The highest BCUT2D eigenvalue weighted by Crippen LogP contribution is 2.29. The van der Waals surface area contributed by atoms with Gasteiger partial charge in [-0.2, -0.15) is 0 Å². The van der Waals surface area contributed by atoms with Crippen molar-refractivity contribution in [3.8, 4) is 5.75 Å². The second-order valence-electron chi connectivity index (χ2n) is 9.27. The van der Waals surface area contributed by atoms with Crippen LogP contribution in [0.3, 0.4) is 0 Å². The fraction of sp³-hybridized carbons (Fsp3) is 0.556. The summed E-state index contributed by atoms with van der Waals surface area (Å²) in [4.78, 5) is 4.51. The highest BCUT2D eigenvalue weighted by atomic mass is 35.5. The number of unbranched alkanes of at least 4 members (excludes halogenated alkanes) is 1. The van der Waals surface area contributed by atoms with Crippen LogP contribution < -0.4 is 9.64 Å². The van der Waals surface area contributed by atoms with E-state index >= 15 is 0 Å². The number of ether oxygens (including phenoxy) is 1. The molecular formula is C27H41Cl2FN2O3. The molecule has 0 saturated carbocycles. The Morgan fingerprint density at radius 2 is 1.77 bits per heavy atom. The molecule has 8 heteroatoms. The molecule has 1 fully saturated rings. The molecule has 0 unspecified atom stereocenters. The zero-order valence-corrected chi connectivity index (χ0v) is 22.6. The maximum Gasteiger partial charge on any atom is 0.124 e. The summed E-state index contributed by atoms with van der Waals surface area (Å²) in [5.74, 6) is 0.547. The van der Waals surface area contributed by atoms with Crippen LogP contribution in [-0.4, -0.2) is 60.5 Å². The summed E-state index contributed by atoms with van der Waals surface area (Å²) in [6, 6.07) is 12.6. The van der Waals surface area contributed by atoms with Gasteiger partial charge in [-0.3, -0.25) is 0 Å². The number of benzene rings is 2. The van der Waals surface area contributed by atoms with Gasteiger partial charge in [0.15, 0.2) is 0 Å². The topological polar surface area (TPSA) is 56.2 Å². The van der Waals surface area contributed by atoms with Gasteiger partial charge in [0.2, 0.25) is 0 Å². The molecule has 0 atom stereocenters. The Kier molecular flexibility index (Phi) is 14.0. The summed E-state index contributed by atoms with van der Waals surface area (Å²) in [6.07, 6.45) is 5.19. The Bertz CT molecular complexity index is 862. The minimum absolute atomic E-state index is 0. The third-order valence-electron chi connectivity index (χ3n) is 6.74. The molecule has 1 saturated heterocycles. The Hall–Kier alpha value is -1.57. The van der Waals surface area contributed by atoms with Crippen molar-refractivity contribution in [2.75, 3.05) is 44.7 Å². The Balaban J connectivity index is 0.00000306. The first kappa shape index (κ1) is 31.5. The van der Waals surface area contributed by atoms with E-state index in [2.05, 4.69) is 16.7 Å². The number of aliphatic hydroxyl groups is 2. The molecule has 0 amide bonds. The standard InChI is InChI=1S/C27H39FN2O3.2ClH/c1-3-4-19-33-26-10-9-25(20-23(26)21-31)29(2)16-12-27(32)13-17-30(18-14-27)15-11-22-5-7-24(28)8-6-22;;/h5-10,20,31-32H,3-4,11-19,21H2,1-2H3;2*1H. The maximum atomic E-state index is 13.1. The molecule has 1 heterocycles. The highest BCUT2D eigenvalue weighted by Gasteiger charge is 2.32. The minimum Gasteiger partial charge on any atom is -0.493 e. The monoisotopic (exact) mass is 530 g/mol. The molecule has 2 aromatic rings. The van der Waals surface area contributed by atoms with Crippen molar-refractivity contribution < 1.29 is 19.3 Å². The number of likely N-dealkylation sites (tertiary alicyclic amines) is 1. The summed E-state index contributed by atoms with van der Waals surface area (Å²) >= 11 is 0. The van der Waals surface area contributed by atoms with Gasteiger partial charge in [0.25, 0.3) is 0 Å². The van der Waals surface area contributed by atoms with Crippen LogP contribution in [0, 0.1) is 5.82 Å². The van der Waals surface area contributed by atoms with E-state index in [0.29, 0.717) is 13.0 Å². The van der Waals surface area contributed by atoms with Gasteiger partial charge in [-0.15, -0.1) is 24.8 Å². The van der Waals surface area contributed by atoms with Crippen LogP contribution in [0.25, 0.3) is 0 Å². The number of nitrogens with zero attached hydrogens (tertiary/aromatic N) is 2. The minimum atomic E-state index is -0.649. The average molecular weight is 532 g/mol. The van der Waals surface area contributed by atoms with E-state index in [-0.39, 0.29) is 37.2 Å². The second kappa shape index (κ2) is 15.5. The molecule has 0 aromatic heterocycles. The van der Waals surface area contributed by atoms with Gasteiger partial charge in [-0.05, 0) is 68.0 Å². The molecular weight excluding hydrogens is 490 g/mol. The first-order chi connectivity index (χ1) is 15.9. The quantitative estimate of drug-likeness (QED) is 0.367. The smallest absolute Gasteiger partial charge is 0.124 e. The summed E-state index contributed by atoms with van der Waals surface area (Å²) in [7, 11) is 2.02. The lowest BCUT2D eigenvalue weighted by Crippen LogP contribution is -2.46. The first-order valence-electron chi connectivity index (χ1n) is 12.2. The number of anilines is 1. The average Bonchev–Trinajstić information content (AvgIpc) is 2.83. The Morgan fingerprint density at radius 3 is 2.40 bits per heavy atom. The molecule has 3 rings (SSSR count). The molecule has 0 aliphatic carbocycles. The van der Waals surface area contributed by atoms with E-state index < -0.39 is 5.60 Å². The van der Waals surface area contributed by atoms with Crippen LogP contribution in [0.2, 0.25) is 0 Å². The lowest BCUT2D eigenvalue weighted by molar-refractivity contribution is -0.0254. The van der Waals surface area contributed by atoms with Crippen molar-refractivity contribution in [1.82, 2.24) is 4.90 Å². The van der Waals surface area contributed by atoms with Gasteiger partial charge >= 0.3 is 0 Å². The third kappa shape index (κ3) is 9.77. The molecule has 198 valence electrons. The van der Waals surface area contributed by atoms with Gasteiger partial charge in [-0.25, -0.2) is 4.39 Å². The largest absolute Gasteiger partial charge is 0.493 e. The fourth-order valence-electron chi connectivity index (χ4n) is 4.28. The van der Waals surface area contributed by atoms with E-state index in [0.717, 1.165) is 80.8 Å². The van der Waals surface area contributed by atoms with Crippen LogP contribution in [-0.2, 0) is 13.0 Å². The van der Waals surface area contributed by atoms with E-state index in [9.17, 15) is 14.6 Å². The number of aliphatic hydroxyl groups excluding tert-OH is 1. The third-order valence-corrected chi connectivity index (χ3v) is 6.74. The second-order valence-corrected chi connectivity index (χ2v) is 9.27. The number of halogens is 3. The molecule has 5 nitrogen and oxygen atoms in total. The van der Waals surface area contributed by atoms with Crippen molar-refractivity contribution in [3.05, 3.63) is 59.4 Å². The SMILES string of the molecule is CCCCOc1ccc(N(C)CCC2(O)CCN(CCc3ccc(F)cc3)CC2)cc1CO.Cl.Cl. The van der Waals surface area contributed by atoms with Crippen molar-refractivity contribution in [1.29, 1.82) is 0 Å². The van der Waals surface area contributed by atoms with Gasteiger partial charge < -0.3 is 24.7 Å². The van der Waals surface area contributed by atoms with E-state index in [4.69, 9.17) is 4.74 Å². The van der Waals surface area contributed by atoms with Crippen molar-refractivity contribution in [2.24, 2.45) is 0 Å². The predicted molar refractivity (Wildman–Crippen MR) is 146 cm³/mol. The zero-order valence-electron chi connectivity index (χ0n) is 20.9. The maximum absolute atomic E-state index is 13.1. The van der Waals surface area contributed by atoms with E-state index in [1.165, 1.54) is 12.1 Å². The molecule has 2 aromatic carbocycles. The van der Waals surface area contributed by atoms with Gasteiger partial charge in [-0.1, -0.05) is 25.5 Å². The number of hydrogen-bond acceptors (Lipinski definition) is 5. The summed E-state index contributed by atoms with van der Waals surface area (Å²) < 4.78 is 18.9. The van der Waals surface area contributed by atoms with Crippen molar-refractivity contribution in [2.45, 2.75) is 57.7 Å².